The van der Waals surface area contributed by atoms with Crippen molar-refractivity contribution in [3.05, 3.63) is 103 Å². The largest absolute Gasteiger partial charge is 0.288 e. The van der Waals surface area contributed by atoms with Gasteiger partial charge >= 0.3 is 0 Å². The maximum Gasteiger partial charge on any atom is 0.197 e. The number of nitriles is 1. The van der Waals surface area contributed by atoms with Crippen molar-refractivity contribution in [1.82, 2.24) is 0 Å². The molecule has 0 atom stereocenters. The molecule has 0 bridgehead atoms. The fourth-order valence-electron chi connectivity index (χ4n) is 4.22. The number of carbonyl (C=O) groups is 1. The van der Waals surface area contributed by atoms with Crippen LogP contribution < -0.4 is 15.9 Å². The smallest absolute Gasteiger partial charge is 0.197 e. The quantitative estimate of drug-likeness (QED) is 0.198. The number of ketones is 1. The van der Waals surface area contributed by atoms with Gasteiger partial charge in [-0.2, -0.15) is 5.26 Å². The SMILES string of the molecule is CCCCCCCC=CC(=O)C(C#N)=P(c1ccccc1)(c1ccccc1)c1ccccc1. The number of unbranched alkanes of at least 4 members (excludes halogenated alkanes) is 5. The molecule has 3 heteroatoms. The second-order valence-electron chi connectivity index (χ2n) is 8.11. The average Bonchev–Trinajstić information content (AvgIpc) is 2.88. The van der Waals surface area contributed by atoms with Crippen LogP contribution in [0.1, 0.15) is 45.4 Å². The molecule has 0 N–H and O–H groups in total. The second-order valence-corrected chi connectivity index (χ2v) is 11.4. The van der Waals surface area contributed by atoms with E-state index in [1.54, 1.807) is 6.08 Å². The number of hydrogen-bond donors (Lipinski definition) is 0. The first-order chi connectivity index (χ1) is 16.2. The van der Waals surface area contributed by atoms with Gasteiger partial charge in [-0.25, -0.2) is 0 Å². The lowest BCUT2D eigenvalue weighted by molar-refractivity contribution is -0.108. The van der Waals surface area contributed by atoms with Crippen molar-refractivity contribution in [3.63, 3.8) is 0 Å². The zero-order valence-corrected chi connectivity index (χ0v) is 20.3. The molecule has 0 unspecified atom stereocenters. The van der Waals surface area contributed by atoms with E-state index in [0.717, 1.165) is 28.8 Å². The van der Waals surface area contributed by atoms with Gasteiger partial charge in [0.25, 0.3) is 0 Å². The Morgan fingerprint density at radius 3 is 1.64 bits per heavy atom. The van der Waals surface area contributed by atoms with E-state index in [0.29, 0.717) is 5.29 Å². The highest BCUT2D eigenvalue weighted by Crippen LogP contribution is 2.46. The van der Waals surface area contributed by atoms with Crippen molar-refractivity contribution in [2.75, 3.05) is 0 Å². The van der Waals surface area contributed by atoms with Crippen LogP contribution in [0.15, 0.2) is 103 Å². The summed E-state index contributed by atoms with van der Waals surface area (Å²) in [6.07, 6.45) is 10.4. The third kappa shape index (κ3) is 5.81. The number of rotatable bonds is 11. The molecule has 2 nitrogen and oxygen atoms in total. The minimum absolute atomic E-state index is 0.184. The van der Waals surface area contributed by atoms with E-state index >= 15 is 0 Å². The Morgan fingerprint density at radius 1 is 0.758 bits per heavy atom. The Bertz CT molecular complexity index is 1040. The summed E-state index contributed by atoms with van der Waals surface area (Å²) in [6, 6.07) is 32.5. The lowest BCUT2D eigenvalue weighted by atomic mass is 10.1. The van der Waals surface area contributed by atoms with Gasteiger partial charge in [0, 0.05) is 0 Å². The summed E-state index contributed by atoms with van der Waals surface area (Å²) < 4.78 is 0. The molecule has 0 radical (unpaired) electrons. The molecule has 3 aromatic carbocycles. The molecule has 0 spiro atoms. The molecule has 0 aliphatic heterocycles. The summed E-state index contributed by atoms with van der Waals surface area (Å²) in [5.41, 5.74) is 0. The highest BCUT2D eigenvalue weighted by Gasteiger charge is 2.32. The molecule has 0 fully saturated rings. The molecule has 0 aromatic heterocycles. The van der Waals surface area contributed by atoms with Crippen molar-refractivity contribution in [1.29, 1.82) is 5.26 Å². The molecule has 0 saturated carbocycles. The maximum atomic E-state index is 13.6. The molecular formula is C30H32NOP. The number of allylic oxidation sites excluding steroid dienone is 2. The summed E-state index contributed by atoms with van der Waals surface area (Å²) in [7, 11) is 0. The molecule has 3 rings (SSSR count). The van der Waals surface area contributed by atoms with Gasteiger partial charge < -0.3 is 0 Å². The number of carbonyl (C=O) groups excluding carboxylic acids is 1. The van der Waals surface area contributed by atoms with Crippen LogP contribution in [-0.2, 0) is 4.79 Å². The van der Waals surface area contributed by atoms with Gasteiger partial charge in [-0.1, -0.05) is 130 Å². The molecule has 33 heavy (non-hydrogen) atoms. The second kappa shape index (κ2) is 12.8. The fraction of sp³-hybridized carbons (Fsp3) is 0.233. The van der Waals surface area contributed by atoms with Gasteiger partial charge in [0.2, 0.25) is 0 Å². The monoisotopic (exact) mass is 453 g/mol. The summed E-state index contributed by atoms with van der Waals surface area (Å²) in [6.45, 7) is -0.427. The van der Waals surface area contributed by atoms with Crippen molar-refractivity contribution in [2.24, 2.45) is 0 Å². The molecule has 0 aliphatic rings. The van der Waals surface area contributed by atoms with E-state index in [-0.39, 0.29) is 5.78 Å². The van der Waals surface area contributed by atoms with Gasteiger partial charge in [0.15, 0.2) is 5.78 Å². The van der Waals surface area contributed by atoms with Gasteiger partial charge in [-0.05, 0) is 41.7 Å². The zero-order chi connectivity index (χ0) is 23.4. The summed E-state index contributed by atoms with van der Waals surface area (Å²) >= 11 is 0. The van der Waals surface area contributed by atoms with Crippen molar-refractivity contribution >= 4 is 33.9 Å². The van der Waals surface area contributed by atoms with Crippen LogP contribution in [0.3, 0.4) is 0 Å². The molecule has 3 aromatic rings. The van der Waals surface area contributed by atoms with E-state index in [2.05, 4.69) is 49.4 Å². The first kappa shape index (κ1) is 24.5. The molecule has 168 valence electrons. The molecule has 0 amide bonds. The molecule has 0 heterocycles. The van der Waals surface area contributed by atoms with Crippen molar-refractivity contribution in [2.45, 2.75) is 45.4 Å². The van der Waals surface area contributed by atoms with Gasteiger partial charge in [0.1, 0.15) is 11.4 Å². The zero-order valence-electron chi connectivity index (χ0n) is 19.4. The normalized spacial score (nSPS) is 11.3. The van der Waals surface area contributed by atoms with Crippen LogP contribution in [0.5, 0.6) is 0 Å². The van der Waals surface area contributed by atoms with Crippen LogP contribution >= 0.6 is 6.89 Å². The third-order valence-corrected chi connectivity index (χ3v) is 10.1. The third-order valence-electron chi connectivity index (χ3n) is 5.85. The van der Waals surface area contributed by atoms with E-state index in [9.17, 15) is 10.1 Å². The summed E-state index contributed by atoms with van der Waals surface area (Å²) in [5, 5.41) is 13.8. The number of benzene rings is 3. The minimum atomic E-state index is -2.64. The van der Waals surface area contributed by atoms with Crippen LogP contribution in [-0.4, -0.2) is 11.1 Å². The van der Waals surface area contributed by atoms with Gasteiger partial charge in [0.05, 0.1) is 0 Å². The molecule has 0 aliphatic carbocycles. The number of nitrogens with zero attached hydrogens (tertiary/aromatic N) is 1. The number of hydrogen-bond acceptors (Lipinski definition) is 2. The lowest BCUT2D eigenvalue weighted by Gasteiger charge is -2.29. The van der Waals surface area contributed by atoms with Crippen LogP contribution in [0.2, 0.25) is 0 Å². The van der Waals surface area contributed by atoms with Gasteiger partial charge in [-0.3, -0.25) is 4.79 Å². The Kier molecular flexibility index (Phi) is 9.49. The summed E-state index contributed by atoms with van der Waals surface area (Å²) in [5.74, 6) is -0.184. The predicted octanol–water partition coefficient (Wildman–Crippen LogP) is 6.16. The molecular weight excluding hydrogens is 421 g/mol. The van der Waals surface area contributed by atoms with E-state index in [4.69, 9.17) is 0 Å². The van der Waals surface area contributed by atoms with E-state index in [1.165, 1.54) is 25.7 Å². The highest BCUT2D eigenvalue weighted by molar-refractivity contribution is 7.97. The maximum absolute atomic E-state index is 13.6. The standard InChI is InChI=1S/C30H32NOP/c1-2-3-4-5-6-7-17-24-29(32)30(25-31)33(26-18-11-8-12-19-26,27-20-13-9-14-21-27)28-22-15-10-16-23-28/h8-24H,2-7H2,1H3. The topological polar surface area (TPSA) is 40.9 Å². The van der Waals surface area contributed by atoms with Crippen LogP contribution in [0.4, 0.5) is 0 Å². The Hall–Kier alpha value is -3.14. The molecule has 0 saturated heterocycles. The predicted molar refractivity (Wildman–Crippen MR) is 143 cm³/mol. The fourth-order valence-corrected chi connectivity index (χ4v) is 8.30. The highest BCUT2D eigenvalue weighted by atomic mass is 31.2. The van der Waals surface area contributed by atoms with E-state index < -0.39 is 6.89 Å². The lowest BCUT2D eigenvalue weighted by Crippen LogP contribution is -2.32. The van der Waals surface area contributed by atoms with Crippen molar-refractivity contribution in [3.8, 4) is 6.07 Å². The van der Waals surface area contributed by atoms with Crippen molar-refractivity contribution < 1.29 is 4.79 Å². The Balaban J connectivity index is 2.17. The summed E-state index contributed by atoms with van der Waals surface area (Å²) in [4.78, 5) is 13.6. The van der Waals surface area contributed by atoms with Gasteiger partial charge in [-0.15, -0.1) is 0 Å². The first-order valence-corrected chi connectivity index (χ1v) is 13.6. The average molecular weight is 454 g/mol. The van der Waals surface area contributed by atoms with Crippen LogP contribution in [0.25, 0.3) is 0 Å². The van der Waals surface area contributed by atoms with Crippen LogP contribution in [0, 0.1) is 11.3 Å². The Labute approximate surface area is 198 Å². The minimum Gasteiger partial charge on any atom is -0.288 e. The van der Waals surface area contributed by atoms with E-state index in [1.807, 2.05) is 60.7 Å². The Morgan fingerprint density at radius 2 is 1.21 bits per heavy atom. The first-order valence-electron chi connectivity index (χ1n) is 11.8.